The molecule has 0 heterocycles. The van der Waals surface area contributed by atoms with E-state index in [-0.39, 0.29) is 5.92 Å². The van der Waals surface area contributed by atoms with Crippen LogP contribution in [-0.2, 0) is 6.42 Å². The summed E-state index contributed by atoms with van der Waals surface area (Å²) in [5, 5.41) is 20.8. The van der Waals surface area contributed by atoms with Gasteiger partial charge in [-0.05, 0) is 56.1 Å². The van der Waals surface area contributed by atoms with Gasteiger partial charge in [0.1, 0.15) is 0 Å². The van der Waals surface area contributed by atoms with Gasteiger partial charge in [0.25, 0.3) is 0 Å². The summed E-state index contributed by atoms with van der Waals surface area (Å²) >= 11 is 0. The number of aliphatic hydroxyl groups is 2. The molecular formula is C16H24O2. The Bertz CT molecular complexity index is 398. The summed E-state index contributed by atoms with van der Waals surface area (Å²) in [6, 6.07) is 8.16. The third kappa shape index (κ3) is 2.93. The van der Waals surface area contributed by atoms with Gasteiger partial charge in [-0.15, -0.1) is 0 Å². The average molecular weight is 248 g/mol. The first-order valence-corrected chi connectivity index (χ1v) is 7.02. The molecule has 0 bridgehead atoms. The SMILES string of the molecule is CCC(C)(O)CC1CCCc2ccccc2C1O. The zero-order valence-corrected chi connectivity index (χ0v) is 11.4. The Morgan fingerprint density at radius 1 is 1.33 bits per heavy atom. The minimum Gasteiger partial charge on any atom is -0.390 e. The van der Waals surface area contributed by atoms with Crippen molar-refractivity contribution in [2.45, 2.75) is 57.7 Å². The Hall–Kier alpha value is -0.860. The number of hydrogen-bond donors (Lipinski definition) is 2. The summed E-state index contributed by atoms with van der Waals surface area (Å²) in [5.74, 6) is 0.170. The van der Waals surface area contributed by atoms with Gasteiger partial charge < -0.3 is 10.2 Å². The summed E-state index contributed by atoms with van der Waals surface area (Å²) in [6.45, 7) is 3.87. The van der Waals surface area contributed by atoms with Crippen molar-refractivity contribution in [2.75, 3.05) is 0 Å². The van der Waals surface area contributed by atoms with Crippen LogP contribution in [-0.4, -0.2) is 15.8 Å². The minimum atomic E-state index is -0.662. The topological polar surface area (TPSA) is 40.5 Å². The molecule has 0 saturated heterocycles. The number of benzene rings is 1. The number of aryl methyl sites for hydroxylation is 1. The molecule has 1 aromatic carbocycles. The molecule has 0 fully saturated rings. The van der Waals surface area contributed by atoms with E-state index in [9.17, 15) is 10.2 Å². The number of hydrogen-bond acceptors (Lipinski definition) is 2. The third-order valence-corrected chi connectivity index (χ3v) is 4.30. The third-order valence-electron chi connectivity index (χ3n) is 4.30. The predicted molar refractivity (Wildman–Crippen MR) is 73.4 cm³/mol. The molecule has 0 saturated carbocycles. The van der Waals surface area contributed by atoms with Gasteiger partial charge in [0, 0.05) is 0 Å². The molecule has 18 heavy (non-hydrogen) atoms. The summed E-state index contributed by atoms with van der Waals surface area (Å²) in [6.07, 6.45) is 4.11. The molecule has 1 aliphatic carbocycles. The molecule has 2 N–H and O–H groups in total. The van der Waals surface area contributed by atoms with Crippen LogP contribution in [0.3, 0.4) is 0 Å². The Morgan fingerprint density at radius 2 is 2.06 bits per heavy atom. The molecule has 1 aromatic rings. The van der Waals surface area contributed by atoms with Crippen molar-refractivity contribution >= 4 is 0 Å². The maximum absolute atomic E-state index is 10.5. The van der Waals surface area contributed by atoms with Gasteiger partial charge >= 0.3 is 0 Å². The van der Waals surface area contributed by atoms with E-state index >= 15 is 0 Å². The van der Waals surface area contributed by atoms with E-state index in [2.05, 4.69) is 6.07 Å². The van der Waals surface area contributed by atoms with Crippen molar-refractivity contribution in [1.29, 1.82) is 0 Å². The molecule has 0 amide bonds. The van der Waals surface area contributed by atoms with Gasteiger partial charge in [-0.25, -0.2) is 0 Å². The van der Waals surface area contributed by atoms with Crippen LogP contribution < -0.4 is 0 Å². The molecule has 0 spiro atoms. The molecule has 0 aliphatic heterocycles. The van der Waals surface area contributed by atoms with E-state index in [1.165, 1.54) is 5.56 Å². The van der Waals surface area contributed by atoms with Crippen molar-refractivity contribution < 1.29 is 10.2 Å². The lowest BCUT2D eigenvalue weighted by Gasteiger charge is -2.30. The first kappa shape index (κ1) is 13.6. The number of aliphatic hydroxyl groups excluding tert-OH is 1. The average Bonchev–Trinajstić information content (AvgIpc) is 2.51. The van der Waals surface area contributed by atoms with E-state index in [4.69, 9.17) is 0 Å². The Labute approximate surface area is 110 Å². The highest BCUT2D eigenvalue weighted by molar-refractivity contribution is 5.30. The van der Waals surface area contributed by atoms with Crippen LogP contribution in [0.5, 0.6) is 0 Å². The largest absolute Gasteiger partial charge is 0.390 e. The van der Waals surface area contributed by atoms with Crippen LogP contribution in [0.2, 0.25) is 0 Å². The molecule has 2 heteroatoms. The Kier molecular flexibility index (Phi) is 4.08. The second-order valence-electron chi connectivity index (χ2n) is 5.85. The fourth-order valence-electron chi connectivity index (χ4n) is 2.94. The van der Waals surface area contributed by atoms with Gasteiger partial charge in [0.15, 0.2) is 0 Å². The van der Waals surface area contributed by atoms with Gasteiger partial charge in [-0.1, -0.05) is 31.2 Å². The van der Waals surface area contributed by atoms with Gasteiger partial charge in [0.05, 0.1) is 11.7 Å². The normalized spacial score (nSPS) is 27.1. The lowest BCUT2D eigenvalue weighted by molar-refractivity contribution is -0.00436. The molecule has 0 aromatic heterocycles. The van der Waals surface area contributed by atoms with Crippen molar-refractivity contribution in [1.82, 2.24) is 0 Å². The van der Waals surface area contributed by atoms with E-state index in [0.717, 1.165) is 31.2 Å². The second-order valence-corrected chi connectivity index (χ2v) is 5.85. The lowest BCUT2D eigenvalue weighted by atomic mass is 9.83. The monoisotopic (exact) mass is 248 g/mol. The van der Waals surface area contributed by atoms with Crippen molar-refractivity contribution in [3.8, 4) is 0 Å². The van der Waals surface area contributed by atoms with E-state index in [0.29, 0.717) is 6.42 Å². The fraction of sp³-hybridized carbons (Fsp3) is 0.625. The highest BCUT2D eigenvalue weighted by atomic mass is 16.3. The van der Waals surface area contributed by atoms with Crippen LogP contribution in [0.4, 0.5) is 0 Å². The number of fused-ring (bicyclic) bond motifs is 1. The van der Waals surface area contributed by atoms with Gasteiger partial charge in [0.2, 0.25) is 0 Å². The van der Waals surface area contributed by atoms with Gasteiger partial charge in [-0.3, -0.25) is 0 Å². The van der Waals surface area contributed by atoms with Gasteiger partial charge in [-0.2, -0.15) is 0 Å². The van der Waals surface area contributed by atoms with Crippen molar-refractivity contribution in [3.05, 3.63) is 35.4 Å². The predicted octanol–water partition coefficient (Wildman–Crippen LogP) is 3.22. The van der Waals surface area contributed by atoms with Crippen LogP contribution in [0.15, 0.2) is 24.3 Å². The molecule has 0 radical (unpaired) electrons. The maximum atomic E-state index is 10.5. The van der Waals surface area contributed by atoms with E-state index < -0.39 is 11.7 Å². The molecule has 100 valence electrons. The smallest absolute Gasteiger partial charge is 0.0821 e. The zero-order chi connectivity index (χ0) is 13.2. The first-order valence-electron chi connectivity index (χ1n) is 7.02. The minimum absolute atomic E-state index is 0.170. The van der Waals surface area contributed by atoms with Crippen molar-refractivity contribution in [3.63, 3.8) is 0 Å². The molecule has 2 nitrogen and oxygen atoms in total. The van der Waals surface area contributed by atoms with Crippen LogP contribution >= 0.6 is 0 Å². The highest BCUT2D eigenvalue weighted by Gasteiger charge is 2.31. The first-order chi connectivity index (χ1) is 8.53. The second kappa shape index (κ2) is 5.41. The molecule has 2 rings (SSSR count). The van der Waals surface area contributed by atoms with E-state index in [1.54, 1.807) is 0 Å². The van der Waals surface area contributed by atoms with Crippen LogP contribution in [0.25, 0.3) is 0 Å². The van der Waals surface area contributed by atoms with Crippen LogP contribution in [0, 0.1) is 5.92 Å². The summed E-state index contributed by atoms with van der Waals surface area (Å²) < 4.78 is 0. The molecule has 1 aliphatic rings. The molecular weight excluding hydrogens is 224 g/mol. The van der Waals surface area contributed by atoms with Crippen molar-refractivity contribution in [2.24, 2.45) is 5.92 Å². The fourth-order valence-corrected chi connectivity index (χ4v) is 2.94. The quantitative estimate of drug-likeness (QED) is 0.806. The van der Waals surface area contributed by atoms with Crippen LogP contribution in [0.1, 0.15) is 56.8 Å². The maximum Gasteiger partial charge on any atom is 0.0821 e. The summed E-state index contributed by atoms with van der Waals surface area (Å²) in [4.78, 5) is 0. The Morgan fingerprint density at radius 3 is 2.78 bits per heavy atom. The highest BCUT2D eigenvalue weighted by Crippen LogP contribution is 2.38. The molecule has 3 unspecified atom stereocenters. The standard InChI is InChI=1S/C16H24O2/c1-3-16(2,18)11-13-9-6-8-12-7-4-5-10-14(12)15(13)17/h4-5,7,10,13,15,17-18H,3,6,8-9,11H2,1-2H3. The Balaban J connectivity index is 2.20. The van der Waals surface area contributed by atoms with E-state index in [1.807, 2.05) is 32.0 Å². The summed E-state index contributed by atoms with van der Waals surface area (Å²) in [7, 11) is 0. The molecule has 3 atom stereocenters. The summed E-state index contributed by atoms with van der Waals surface area (Å²) in [5.41, 5.74) is 1.67. The lowest BCUT2D eigenvalue weighted by Crippen LogP contribution is -2.29. The zero-order valence-electron chi connectivity index (χ0n) is 11.4. The number of rotatable bonds is 3.